The quantitative estimate of drug-likeness (QED) is 0.769. The van der Waals surface area contributed by atoms with Gasteiger partial charge in [-0.3, -0.25) is 9.59 Å². The van der Waals surface area contributed by atoms with Crippen LogP contribution < -0.4 is 10.6 Å². The van der Waals surface area contributed by atoms with Gasteiger partial charge < -0.3 is 15.1 Å². The van der Waals surface area contributed by atoms with E-state index in [-0.39, 0.29) is 24.9 Å². The number of rotatable bonds is 7. The first-order valence-electron chi connectivity index (χ1n) is 8.04. The molecule has 2 rings (SSSR count). The fraction of sp³-hybridized carbons (Fsp3) is 0.263. The molecule has 2 aromatic rings. The maximum atomic E-state index is 12.3. The lowest BCUT2D eigenvalue weighted by atomic mass is 10.3. The van der Waals surface area contributed by atoms with Crippen molar-refractivity contribution in [3.63, 3.8) is 0 Å². The molecule has 0 radical (unpaired) electrons. The molecule has 2 aromatic carbocycles. The second-order valence-electron chi connectivity index (χ2n) is 6.08. The van der Waals surface area contributed by atoms with Crippen molar-refractivity contribution in [2.45, 2.75) is 6.92 Å². The molecule has 2 amide bonds. The van der Waals surface area contributed by atoms with E-state index in [0.29, 0.717) is 11.0 Å². The van der Waals surface area contributed by atoms with E-state index in [0.717, 1.165) is 11.4 Å². The van der Waals surface area contributed by atoms with Gasteiger partial charge in [-0.25, -0.2) is 0 Å². The van der Waals surface area contributed by atoms with Gasteiger partial charge in [-0.1, -0.05) is 36.4 Å². The smallest absolute Gasteiger partial charge is 0.279 e. The number of quaternary nitrogens is 1. The predicted molar refractivity (Wildman–Crippen MR) is 96.6 cm³/mol. The van der Waals surface area contributed by atoms with Crippen molar-refractivity contribution in [2.24, 2.45) is 0 Å². The minimum atomic E-state index is -0.0990. The molecule has 5 nitrogen and oxygen atoms in total. The van der Waals surface area contributed by atoms with E-state index in [2.05, 4.69) is 10.6 Å². The highest BCUT2D eigenvalue weighted by Gasteiger charge is 2.27. The Hall–Kier alpha value is -2.66. The summed E-state index contributed by atoms with van der Waals surface area (Å²) < 4.78 is 0.345. The second kappa shape index (κ2) is 8.26. The van der Waals surface area contributed by atoms with Gasteiger partial charge in [-0.15, -0.1) is 0 Å². The normalized spacial score (nSPS) is 10.9. The molecular formula is C19H24N3O2+. The van der Waals surface area contributed by atoms with Gasteiger partial charge in [-0.2, -0.15) is 0 Å². The first-order valence-corrected chi connectivity index (χ1v) is 8.04. The average molecular weight is 326 g/mol. The van der Waals surface area contributed by atoms with Crippen LogP contribution in [0.4, 0.5) is 11.4 Å². The maximum absolute atomic E-state index is 12.3. The predicted octanol–water partition coefficient (Wildman–Crippen LogP) is 2.73. The number of likely N-dealkylation sites (N-methyl/N-ethyl adjacent to an activating group) is 1. The molecule has 24 heavy (non-hydrogen) atoms. The summed E-state index contributed by atoms with van der Waals surface area (Å²) in [5, 5.41) is 5.74. The summed E-state index contributed by atoms with van der Waals surface area (Å²) in [7, 11) is 1.91. The van der Waals surface area contributed by atoms with Crippen molar-refractivity contribution < 1.29 is 14.1 Å². The van der Waals surface area contributed by atoms with E-state index < -0.39 is 0 Å². The van der Waals surface area contributed by atoms with Crippen LogP contribution >= 0.6 is 0 Å². The number of nitrogens with one attached hydrogen (secondary N) is 2. The first-order chi connectivity index (χ1) is 11.5. The third kappa shape index (κ3) is 5.52. The van der Waals surface area contributed by atoms with Gasteiger partial charge in [0.05, 0.1) is 13.6 Å². The number of nitrogens with zero attached hydrogens (tertiary/aromatic N) is 1. The first kappa shape index (κ1) is 17.7. The Morgan fingerprint density at radius 1 is 0.792 bits per heavy atom. The van der Waals surface area contributed by atoms with E-state index >= 15 is 0 Å². The summed E-state index contributed by atoms with van der Waals surface area (Å²) >= 11 is 0. The third-order valence-electron chi connectivity index (χ3n) is 3.93. The van der Waals surface area contributed by atoms with Gasteiger partial charge in [0.15, 0.2) is 13.1 Å². The lowest BCUT2D eigenvalue weighted by molar-refractivity contribution is -0.892. The molecule has 0 saturated heterocycles. The number of anilines is 2. The minimum absolute atomic E-state index is 0.0990. The molecule has 0 aliphatic heterocycles. The largest absolute Gasteiger partial charge is 0.321 e. The summed E-state index contributed by atoms with van der Waals surface area (Å²) in [5.74, 6) is -0.198. The van der Waals surface area contributed by atoms with Crippen molar-refractivity contribution in [1.82, 2.24) is 0 Å². The zero-order valence-electron chi connectivity index (χ0n) is 14.2. The van der Waals surface area contributed by atoms with Crippen molar-refractivity contribution in [3.8, 4) is 0 Å². The van der Waals surface area contributed by atoms with Crippen LogP contribution in [-0.2, 0) is 9.59 Å². The number of para-hydroxylation sites is 2. The Kier molecular flexibility index (Phi) is 6.09. The molecule has 0 atom stereocenters. The number of hydrogen-bond acceptors (Lipinski definition) is 2. The molecule has 0 saturated carbocycles. The Morgan fingerprint density at radius 3 is 1.50 bits per heavy atom. The molecule has 2 N–H and O–H groups in total. The van der Waals surface area contributed by atoms with Gasteiger partial charge in [0.25, 0.3) is 11.8 Å². The Balaban J connectivity index is 1.92. The molecule has 0 unspecified atom stereocenters. The summed E-state index contributed by atoms with van der Waals surface area (Å²) in [6, 6.07) is 18.7. The van der Waals surface area contributed by atoms with Crippen molar-refractivity contribution in [2.75, 3.05) is 37.3 Å². The van der Waals surface area contributed by atoms with Crippen LogP contribution in [0.5, 0.6) is 0 Å². The summed E-state index contributed by atoms with van der Waals surface area (Å²) in [5.41, 5.74) is 1.53. The number of amides is 2. The molecule has 0 heterocycles. The van der Waals surface area contributed by atoms with E-state index in [1.807, 2.05) is 74.6 Å². The highest BCUT2D eigenvalue weighted by Crippen LogP contribution is 2.09. The van der Waals surface area contributed by atoms with E-state index in [9.17, 15) is 9.59 Å². The van der Waals surface area contributed by atoms with Gasteiger partial charge in [0.2, 0.25) is 0 Å². The lowest BCUT2D eigenvalue weighted by Gasteiger charge is -2.31. The molecule has 0 bridgehead atoms. The minimum Gasteiger partial charge on any atom is -0.321 e. The topological polar surface area (TPSA) is 58.2 Å². The lowest BCUT2D eigenvalue weighted by Crippen LogP contribution is -2.52. The summed E-state index contributed by atoms with van der Waals surface area (Å²) in [6.07, 6.45) is 0. The average Bonchev–Trinajstić information content (AvgIpc) is 2.56. The Labute approximate surface area is 142 Å². The van der Waals surface area contributed by atoms with Crippen LogP contribution in [0.2, 0.25) is 0 Å². The van der Waals surface area contributed by atoms with Crippen LogP contribution in [0.25, 0.3) is 0 Å². The van der Waals surface area contributed by atoms with Crippen molar-refractivity contribution in [1.29, 1.82) is 0 Å². The zero-order chi connectivity index (χ0) is 17.4. The van der Waals surface area contributed by atoms with Crippen LogP contribution in [0.1, 0.15) is 6.92 Å². The Morgan fingerprint density at radius 2 is 1.17 bits per heavy atom. The van der Waals surface area contributed by atoms with Gasteiger partial charge in [0, 0.05) is 11.4 Å². The molecule has 0 spiro atoms. The molecule has 0 fully saturated rings. The van der Waals surface area contributed by atoms with Gasteiger partial charge in [-0.05, 0) is 31.2 Å². The Bertz CT molecular complexity index is 616. The number of carbonyl (C=O) groups excluding carboxylic acids is 2. The fourth-order valence-corrected chi connectivity index (χ4v) is 2.42. The second-order valence-corrected chi connectivity index (χ2v) is 6.08. The van der Waals surface area contributed by atoms with E-state index in [1.165, 1.54) is 0 Å². The van der Waals surface area contributed by atoms with Crippen molar-refractivity contribution in [3.05, 3.63) is 60.7 Å². The van der Waals surface area contributed by atoms with E-state index in [4.69, 9.17) is 0 Å². The highest BCUT2D eigenvalue weighted by molar-refractivity contribution is 5.93. The molecular weight excluding hydrogens is 302 g/mol. The molecule has 0 aliphatic rings. The maximum Gasteiger partial charge on any atom is 0.279 e. The molecule has 126 valence electrons. The molecule has 0 aliphatic carbocycles. The van der Waals surface area contributed by atoms with E-state index in [1.54, 1.807) is 0 Å². The van der Waals surface area contributed by atoms with Gasteiger partial charge in [0.1, 0.15) is 0 Å². The number of hydrogen-bond donors (Lipinski definition) is 2. The van der Waals surface area contributed by atoms with Crippen LogP contribution in [-0.4, -0.2) is 43.0 Å². The molecule has 0 aromatic heterocycles. The number of carbonyl (C=O) groups is 2. The zero-order valence-corrected chi connectivity index (χ0v) is 14.2. The standard InChI is InChI=1S/C19H23N3O2/c1-3-22(2,14-18(23)20-16-10-6-4-7-11-16)15-19(24)21-17-12-8-5-9-13-17/h4-13H,3,14-15H2,1-2H3,(H-,20,21,23,24)/p+1. The number of benzene rings is 2. The van der Waals surface area contributed by atoms with Crippen LogP contribution in [0.3, 0.4) is 0 Å². The summed E-state index contributed by atoms with van der Waals surface area (Å²) in [6.45, 7) is 3.15. The third-order valence-corrected chi connectivity index (χ3v) is 3.93. The highest BCUT2D eigenvalue weighted by atomic mass is 16.2. The van der Waals surface area contributed by atoms with Gasteiger partial charge >= 0.3 is 0 Å². The van der Waals surface area contributed by atoms with Crippen molar-refractivity contribution >= 4 is 23.2 Å². The van der Waals surface area contributed by atoms with Crippen LogP contribution in [0, 0.1) is 0 Å². The molecule has 5 heteroatoms. The fourth-order valence-electron chi connectivity index (χ4n) is 2.42. The summed E-state index contributed by atoms with van der Waals surface area (Å²) in [4.78, 5) is 24.5. The monoisotopic (exact) mass is 326 g/mol. The van der Waals surface area contributed by atoms with Crippen LogP contribution in [0.15, 0.2) is 60.7 Å². The SMILES string of the molecule is CC[N+](C)(CC(=O)Nc1ccccc1)CC(=O)Nc1ccccc1.